The van der Waals surface area contributed by atoms with E-state index in [1.807, 2.05) is 41.4 Å². The Labute approximate surface area is 202 Å². The normalized spacial score (nSPS) is 16.7. The van der Waals surface area contributed by atoms with Gasteiger partial charge in [-0.15, -0.1) is 0 Å². The molecule has 1 aliphatic heterocycles. The average Bonchev–Trinajstić information content (AvgIpc) is 3.41. The third kappa shape index (κ3) is 5.02. The molecule has 10 nitrogen and oxygen atoms in total. The summed E-state index contributed by atoms with van der Waals surface area (Å²) >= 11 is 0. The molecule has 0 bridgehead atoms. The Kier molecular flexibility index (Phi) is 5.65. The highest BCUT2D eigenvalue weighted by molar-refractivity contribution is 5.82. The van der Waals surface area contributed by atoms with Crippen molar-refractivity contribution < 1.29 is 9.32 Å². The molecule has 0 unspecified atom stereocenters. The van der Waals surface area contributed by atoms with E-state index in [2.05, 4.69) is 35.3 Å². The molecule has 35 heavy (non-hydrogen) atoms. The van der Waals surface area contributed by atoms with Gasteiger partial charge < -0.3 is 19.7 Å². The number of rotatable bonds is 7. The van der Waals surface area contributed by atoms with E-state index in [0.717, 1.165) is 61.6 Å². The van der Waals surface area contributed by atoms with Gasteiger partial charge in [-0.05, 0) is 61.6 Å². The SMILES string of the molecule is Cc1noc(-c2ccc3nc(Nc4cc(CN5CCN(C(=O)CC6CC6)CC5)ccn4)[nH]c3c2)n1. The highest BCUT2D eigenvalue weighted by atomic mass is 16.5. The maximum Gasteiger partial charge on any atom is 0.257 e. The predicted octanol–water partition coefficient (Wildman–Crippen LogP) is 3.50. The summed E-state index contributed by atoms with van der Waals surface area (Å²) in [7, 11) is 0. The molecule has 4 heterocycles. The summed E-state index contributed by atoms with van der Waals surface area (Å²) in [5, 5.41) is 7.13. The number of aromatic amines is 1. The standard InChI is InChI=1S/C25H28N8O2/c1-16-27-24(35-31-16)19-4-5-20-21(14-19)29-25(28-20)30-22-12-18(6-7-26-22)15-32-8-10-33(11-9-32)23(34)13-17-2-3-17/h4-7,12,14,17H,2-3,8-11,13,15H2,1H3,(H2,26,28,29,30). The van der Waals surface area contributed by atoms with Crippen molar-refractivity contribution in [2.75, 3.05) is 31.5 Å². The van der Waals surface area contributed by atoms with Gasteiger partial charge >= 0.3 is 0 Å². The number of pyridine rings is 1. The number of nitrogens with zero attached hydrogens (tertiary/aromatic N) is 6. The number of imidazole rings is 1. The fraction of sp³-hybridized carbons (Fsp3) is 0.400. The maximum atomic E-state index is 12.4. The van der Waals surface area contributed by atoms with Crippen LogP contribution in [-0.4, -0.2) is 67.0 Å². The predicted molar refractivity (Wildman–Crippen MR) is 131 cm³/mol. The van der Waals surface area contributed by atoms with Gasteiger partial charge in [0.1, 0.15) is 5.82 Å². The van der Waals surface area contributed by atoms with Crippen LogP contribution in [0.1, 0.15) is 30.7 Å². The second-order valence-electron chi connectivity index (χ2n) is 9.44. The van der Waals surface area contributed by atoms with Gasteiger partial charge in [0.05, 0.1) is 11.0 Å². The minimum absolute atomic E-state index is 0.327. The van der Waals surface area contributed by atoms with Crippen molar-refractivity contribution in [2.24, 2.45) is 5.92 Å². The molecule has 0 radical (unpaired) electrons. The fourth-order valence-corrected chi connectivity index (χ4v) is 4.49. The number of anilines is 2. The van der Waals surface area contributed by atoms with Crippen LogP contribution >= 0.6 is 0 Å². The molecule has 0 atom stereocenters. The topological polar surface area (TPSA) is 116 Å². The van der Waals surface area contributed by atoms with Crippen LogP contribution in [0, 0.1) is 12.8 Å². The summed E-state index contributed by atoms with van der Waals surface area (Å²) in [6.07, 6.45) is 4.99. The molecule has 2 N–H and O–H groups in total. The molecule has 1 aliphatic carbocycles. The van der Waals surface area contributed by atoms with Gasteiger partial charge in [-0.1, -0.05) is 5.16 Å². The van der Waals surface area contributed by atoms with Crippen LogP contribution in [0.4, 0.5) is 11.8 Å². The minimum Gasteiger partial charge on any atom is -0.340 e. The molecule has 3 aromatic heterocycles. The highest BCUT2D eigenvalue weighted by Crippen LogP contribution is 2.33. The summed E-state index contributed by atoms with van der Waals surface area (Å²) in [6.45, 7) is 6.04. The maximum absolute atomic E-state index is 12.4. The van der Waals surface area contributed by atoms with E-state index >= 15 is 0 Å². The molecule has 1 saturated carbocycles. The summed E-state index contributed by atoms with van der Waals surface area (Å²) in [4.78, 5) is 33.4. The molecule has 6 rings (SSSR count). The summed E-state index contributed by atoms with van der Waals surface area (Å²) in [6, 6.07) is 9.86. The van der Waals surface area contributed by atoms with Crippen LogP contribution in [0.15, 0.2) is 41.1 Å². The first-order chi connectivity index (χ1) is 17.1. The van der Waals surface area contributed by atoms with Crippen molar-refractivity contribution in [3.8, 4) is 11.5 Å². The lowest BCUT2D eigenvalue weighted by Gasteiger charge is -2.34. The van der Waals surface area contributed by atoms with Gasteiger partial charge in [0.15, 0.2) is 5.82 Å². The van der Waals surface area contributed by atoms with Gasteiger partial charge in [0, 0.05) is 50.9 Å². The van der Waals surface area contributed by atoms with E-state index in [4.69, 9.17) is 4.52 Å². The van der Waals surface area contributed by atoms with Crippen LogP contribution in [0.5, 0.6) is 0 Å². The number of benzene rings is 1. The van der Waals surface area contributed by atoms with E-state index in [-0.39, 0.29) is 0 Å². The quantitative estimate of drug-likeness (QED) is 0.420. The lowest BCUT2D eigenvalue weighted by molar-refractivity contribution is -0.133. The lowest BCUT2D eigenvalue weighted by atomic mass is 10.2. The van der Waals surface area contributed by atoms with Crippen LogP contribution < -0.4 is 5.32 Å². The van der Waals surface area contributed by atoms with Gasteiger partial charge in [0.2, 0.25) is 11.9 Å². The van der Waals surface area contributed by atoms with Gasteiger partial charge in [0.25, 0.3) is 5.89 Å². The number of aromatic nitrogens is 5. The Hall–Kier alpha value is -3.79. The second-order valence-corrected chi connectivity index (χ2v) is 9.44. The Morgan fingerprint density at radius 1 is 1.14 bits per heavy atom. The number of fused-ring (bicyclic) bond motifs is 1. The van der Waals surface area contributed by atoms with Crippen molar-refractivity contribution in [3.63, 3.8) is 0 Å². The minimum atomic E-state index is 0.327. The Morgan fingerprint density at radius 2 is 2.00 bits per heavy atom. The van der Waals surface area contributed by atoms with Crippen LogP contribution in [-0.2, 0) is 11.3 Å². The van der Waals surface area contributed by atoms with Gasteiger partial charge in [-0.25, -0.2) is 9.97 Å². The van der Waals surface area contributed by atoms with E-state index in [1.54, 1.807) is 6.92 Å². The number of piperazine rings is 1. The fourth-order valence-electron chi connectivity index (χ4n) is 4.49. The second kappa shape index (κ2) is 9.10. The monoisotopic (exact) mass is 472 g/mol. The van der Waals surface area contributed by atoms with Crippen molar-refractivity contribution in [3.05, 3.63) is 47.9 Å². The van der Waals surface area contributed by atoms with E-state index < -0.39 is 0 Å². The molecular weight excluding hydrogens is 444 g/mol. The molecule has 1 saturated heterocycles. The lowest BCUT2D eigenvalue weighted by Crippen LogP contribution is -2.48. The first-order valence-corrected chi connectivity index (χ1v) is 12.1. The Balaban J connectivity index is 1.08. The molecule has 10 heteroatoms. The van der Waals surface area contributed by atoms with Crippen LogP contribution in [0.25, 0.3) is 22.5 Å². The van der Waals surface area contributed by atoms with Crippen molar-refractivity contribution in [1.29, 1.82) is 0 Å². The largest absolute Gasteiger partial charge is 0.340 e. The molecule has 1 aromatic carbocycles. The van der Waals surface area contributed by atoms with E-state index in [0.29, 0.717) is 29.5 Å². The number of amides is 1. The summed E-state index contributed by atoms with van der Waals surface area (Å²) in [5.41, 5.74) is 3.71. The zero-order chi connectivity index (χ0) is 23.8. The van der Waals surface area contributed by atoms with Gasteiger partial charge in [-0.3, -0.25) is 9.69 Å². The zero-order valence-electron chi connectivity index (χ0n) is 19.7. The third-order valence-corrected chi connectivity index (χ3v) is 6.62. The number of aryl methyl sites for hydroxylation is 1. The zero-order valence-corrected chi connectivity index (χ0v) is 19.7. The van der Waals surface area contributed by atoms with Crippen LogP contribution in [0.3, 0.4) is 0 Å². The molecule has 4 aromatic rings. The number of carbonyl (C=O) groups is 1. The first-order valence-electron chi connectivity index (χ1n) is 12.1. The Morgan fingerprint density at radius 3 is 2.77 bits per heavy atom. The van der Waals surface area contributed by atoms with Gasteiger partial charge in [-0.2, -0.15) is 4.98 Å². The molecule has 0 spiro atoms. The molecule has 2 fully saturated rings. The number of hydrogen-bond donors (Lipinski definition) is 2. The molecule has 2 aliphatic rings. The smallest absolute Gasteiger partial charge is 0.257 e. The number of carbonyl (C=O) groups excluding carboxylic acids is 1. The first kappa shape index (κ1) is 21.7. The third-order valence-electron chi connectivity index (χ3n) is 6.62. The van der Waals surface area contributed by atoms with E-state index in [9.17, 15) is 4.79 Å². The summed E-state index contributed by atoms with van der Waals surface area (Å²) < 4.78 is 5.27. The van der Waals surface area contributed by atoms with Crippen molar-refractivity contribution in [2.45, 2.75) is 32.7 Å². The van der Waals surface area contributed by atoms with Crippen molar-refractivity contribution in [1.82, 2.24) is 34.9 Å². The molecular formula is C25H28N8O2. The Bertz CT molecular complexity index is 1350. The molecule has 1 amide bonds. The number of H-pyrrole nitrogens is 1. The average molecular weight is 473 g/mol. The van der Waals surface area contributed by atoms with E-state index in [1.165, 1.54) is 18.4 Å². The number of hydrogen-bond acceptors (Lipinski definition) is 8. The highest BCUT2D eigenvalue weighted by Gasteiger charge is 2.28. The number of nitrogens with one attached hydrogen (secondary N) is 2. The van der Waals surface area contributed by atoms with Crippen molar-refractivity contribution >= 4 is 28.7 Å². The molecule has 180 valence electrons. The summed E-state index contributed by atoms with van der Waals surface area (Å²) in [5.74, 6) is 3.40. The van der Waals surface area contributed by atoms with Crippen LogP contribution in [0.2, 0.25) is 0 Å².